The van der Waals surface area contributed by atoms with Gasteiger partial charge in [-0.05, 0) is 73.9 Å². The fourth-order valence-corrected chi connectivity index (χ4v) is 4.85. The van der Waals surface area contributed by atoms with Gasteiger partial charge in [-0.1, -0.05) is 24.3 Å². The summed E-state index contributed by atoms with van der Waals surface area (Å²) in [6.45, 7) is 1.04. The minimum absolute atomic E-state index is 0.0180. The molecule has 5 heteroatoms. The molecule has 0 spiro atoms. The third-order valence-electron chi connectivity index (χ3n) is 6.92. The van der Waals surface area contributed by atoms with E-state index in [2.05, 4.69) is 30.1 Å². The molecule has 3 aliphatic carbocycles. The zero-order chi connectivity index (χ0) is 20.4. The van der Waals surface area contributed by atoms with Crippen molar-refractivity contribution in [3.8, 4) is 22.6 Å². The lowest BCUT2D eigenvalue weighted by atomic mass is 9.77. The number of nitrogens with zero attached hydrogens (tertiary/aromatic N) is 1. The van der Waals surface area contributed by atoms with Gasteiger partial charge in [0.25, 0.3) is 0 Å². The quantitative estimate of drug-likeness (QED) is 0.569. The molecule has 4 aliphatic rings. The predicted molar refractivity (Wildman–Crippen MR) is 111 cm³/mol. The molecule has 0 bridgehead atoms. The lowest BCUT2D eigenvalue weighted by Gasteiger charge is -2.40. The average Bonchev–Trinajstić information content (AvgIpc) is 3.64. The summed E-state index contributed by atoms with van der Waals surface area (Å²) in [6, 6.07) is 10.6. The second kappa shape index (κ2) is 6.67. The molecule has 0 amide bonds. The van der Waals surface area contributed by atoms with Crippen LogP contribution in [-0.4, -0.2) is 30.4 Å². The van der Waals surface area contributed by atoms with Crippen molar-refractivity contribution in [1.82, 2.24) is 4.90 Å². The molecule has 5 nitrogen and oxygen atoms in total. The van der Waals surface area contributed by atoms with Crippen LogP contribution in [0.1, 0.15) is 48.4 Å². The molecule has 0 aromatic heterocycles. The molecule has 2 aromatic carbocycles. The van der Waals surface area contributed by atoms with Gasteiger partial charge >= 0.3 is 11.9 Å². The van der Waals surface area contributed by atoms with Crippen molar-refractivity contribution < 1.29 is 19.1 Å². The van der Waals surface area contributed by atoms with Crippen molar-refractivity contribution >= 4 is 11.9 Å². The number of hydrogen-bond donors (Lipinski definition) is 0. The number of rotatable bonds is 4. The van der Waals surface area contributed by atoms with Crippen LogP contribution in [0.3, 0.4) is 0 Å². The van der Waals surface area contributed by atoms with E-state index in [0.29, 0.717) is 17.5 Å². The fraction of sp³-hybridized carbons (Fsp3) is 0.440. The summed E-state index contributed by atoms with van der Waals surface area (Å²) in [7, 11) is 2.18. The van der Waals surface area contributed by atoms with Crippen LogP contribution in [-0.2, 0) is 22.4 Å². The normalized spacial score (nSPS) is 22.1. The van der Waals surface area contributed by atoms with E-state index in [4.69, 9.17) is 9.47 Å². The molecule has 30 heavy (non-hydrogen) atoms. The van der Waals surface area contributed by atoms with E-state index in [0.717, 1.165) is 61.8 Å². The number of carbonyl (C=O) groups is 2. The summed E-state index contributed by atoms with van der Waals surface area (Å²) in [5, 5.41) is 0. The van der Waals surface area contributed by atoms with E-state index in [1.165, 1.54) is 11.1 Å². The van der Waals surface area contributed by atoms with E-state index >= 15 is 0 Å². The largest absolute Gasteiger partial charge is 0.422 e. The van der Waals surface area contributed by atoms with Crippen molar-refractivity contribution in [3.05, 3.63) is 47.0 Å². The number of ether oxygens (including phenoxy) is 2. The van der Waals surface area contributed by atoms with Crippen LogP contribution in [0.4, 0.5) is 0 Å². The van der Waals surface area contributed by atoms with Gasteiger partial charge in [-0.25, -0.2) is 0 Å². The minimum atomic E-state index is -0.220. The Morgan fingerprint density at radius 2 is 1.67 bits per heavy atom. The van der Waals surface area contributed by atoms with Gasteiger partial charge in [0.1, 0.15) is 0 Å². The molecule has 0 radical (unpaired) electrons. The second-order valence-electron chi connectivity index (χ2n) is 9.15. The van der Waals surface area contributed by atoms with Crippen LogP contribution in [0.15, 0.2) is 30.3 Å². The Kier molecular flexibility index (Phi) is 4.03. The minimum Gasteiger partial charge on any atom is -0.422 e. The molecule has 0 saturated heterocycles. The Bertz CT molecular complexity index is 1070. The molecule has 2 aromatic rings. The number of carbonyl (C=O) groups excluding carboxylic acids is 2. The van der Waals surface area contributed by atoms with Crippen LogP contribution in [0.2, 0.25) is 0 Å². The van der Waals surface area contributed by atoms with Crippen molar-refractivity contribution in [3.63, 3.8) is 0 Å². The molecule has 1 atom stereocenters. The standard InChI is InChI=1S/C25H25NO4/c1-26-12-11-14-3-2-4-18-21(14)19(26)13-17-9-10-20(29-24(27)15-5-6-15)23(22(17)18)30-25(28)16-7-8-16/h2-4,9-10,15-16,19H,5-8,11-13H2,1H3/t19-/m1/s1. The van der Waals surface area contributed by atoms with Gasteiger partial charge in [0.05, 0.1) is 11.8 Å². The molecule has 6 rings (SSSR count). The van der Waals surface area contributed by atoms with Gasteiger partial charge in [0.15, 0.2) is 11.5 Å². The number of benzene rings is 2. The number of esters is 2. The van der Waals surface area contributed by atoms with E-state index in [1.807, 2.05) is 12.1 Å². The Hall–Kier alpha value is -2.66. The first-order valence-corrected chi connectivity index (χ1v) is 11.0. The highest BCUT2D eigenvalue weighted by atomic mass is 16.6. The highest BCUT2D eigenvalue weighted by Crippen LogP contribution is 2.51. The van der Waals surface area contributed by atoms with E-state index in [-0.39, 0.29) is 23.8 Å². The first kappa shape index (κ1) is 18.1. The summed E-state index contributed by atoms with van der Waals surface area (Å²) in [5.41, 5.74) is 5.86. The average molecular weight is 403 g/mol. The summed E-state index contributed by atoms with van der Waals surface area (Å²) >= 11 is 0. The Morgan fingerprint density at radius 3 is 2.40 bits per heavy atom. The van der Waals surface area contributed by atoms with Crippen LogP contribution in [0.25, 0.3) is 11.1 Å². The third kappa shape index (κ3) is 2.95. The molecule has 0 unspecified atom stereocenters. The van der Waals surface area contributed by atoms with Crippen molar-refractivity contribution in [2.75, 3.05) is 13.6 Å². The number of hydrogen-bond acceptors (Lipinski definition) is 5. The van der Waals surface area contributed by atoms with E-state index in [9.17, 15) is 9.59 Å². The van der Waals surface area contributed by atoms with E-state index in [1.54, 1.807) is 0 Å². The van der Waals surface area contributed by atoms with Gasteiger partial charge in [-0.15, -0.1) is 0 Å². The zero-order valence-corrected chi connectivity index (χ0v) is 17.1. The zero-order valence-electron chi connectivity index (χ0n) is 17.1. The molecule has 2 fully saturated rings. The molecule has 2 saturated carbocycles. The fourth-order valence-electron chi connectivity index (χ4n) is 4.85. The number of fused-ring (bicyclic) bond motifs is 2. The van der Waals surface area contributed by atoms with Crippen LogP contribution >= 0.6 is 0 Å². The van der Waals surface area contributed by atoms with Crippen LogP contribution in [0.5, 0.6) is 11.5 Å². The second-order valence-corrected chi connectivity index (χ2v) is 9.15. The van der Waals surface area contributed by atoms with Gasteiger partial charge in [-0.2, -0.15) is 0 Å². The van der Waals surface area contributed by atoms with Crippen LogP contribution < -0.4 is 9.47 Å². The lowest BCUT2D eigenvalue weighted by molar-refractivity contribution is -0.138. The third-order valence-corrected chi connectivity index (χ3v) is 6.92. The monoisotopic (exact) mass is 403 g/mol. The van der Waals surface area contributed by atoms with Crippen molar-refractivity contribution in [1.29, 1.82) is 0 Å². The lowest BCUT2D eigenvalue weighted by Crippen LogP contribution is -2.35. The molecular weight excluding hydrogens is 378 g/mol. The molecule has 1 aliphatic heterocycles. The maximum absolute atomic E-state index is 12.6. The Labute approximate surface area is 176 Å². The SMILES string of the molecule is CN1CCc2cccc3c2[C@H]1Cc1ccc(OC(=O)C2CC2)c(OC(=O)C2CC2)c1-3. The highest BCUT2D eigenvalue weighted by Gasteiger charge is 2.38. The van der Waals surface area contributed by atoms with Crippen molar-refractivity contribution in [2.45, 2.75) is 44.6 Å². The molecule has 0 N–H and O–H groups in total. The first-order valence-electron chi connectivity index (χ1n) is 11.0. The van der Waals surface area contributed by atoms with Gasteiger partial charge in [-0.3, -0.25) is 14.5 Å². The van der Waals surface area contributed by atoms with Gasteiger partial charge in [0.2, 0.25) is 0 Å². The van der Waals surface area contributed by atoms with Crippen molar-refractivity contribution in [2.24, 2.45) is 11.8 Å². The summed E-state index contributed by atoms with van der Waals surface area (Å²) < 4.78 is 11.7. The molecular formula is C25H25NO4. The van der Waals surface area contributed by atoms with E-state index < -0.39 is 0 Å². The molecule has 154 valence electrons. The summed E-state index contributed by atoms with van der Waals surface area (Å²) in [4.78, 5) is 27.5. The predicted octanol–water partition coefficient (Wildman–Crippen LogP) is 4.07. The van der Waals surface area contributed by atoms with Gasteiger partial charge in [0, 0.05) is 18.2 Å². The first-order chi connectivity index (χ1) is 14.6. The smallest absolute Gasteiger partial charge is 0.314 e. The van der Waals surface area contributed by atoms with Gasteiger partial charge < -0.3 is 9.47 Å². The Balaban J connectivity index is 1.50. The van der Waals surface area contributed by atoms with Crippen LogP contribution in [0, 0.1) is 11.8 Å². The maximum atomic E-state index is 12.6. The maximum Gasteiger partial charge on any atom is 0.314 e. The molecule has 1 heterocycles. The number of likely N-dealkylation sites (N-methyl/N-ethyl adjacent to an activating group) is 1. The summed E-state index contributed by atoms with van der Waals surface area (Å²) in [6.07, 6.45) is 5.37. The highest BCUT2D eigenvalue weighted by molar-refractivity contribution is 5.88. The topological polar surface area (TPSA) is 55.8 Å². The summed E-state index contributed by atoms with van der Waals surface area (Å²) in [5.74, 6) is 0.326. The Morgan fingerprint density at radius 1 is 0.933 bits per heavy atom.